The van der Waals surface area contributed by atoms with Crippen molar-refractivity contribution < 1.29 is 0 Å². The Bertz CT molecular complexity index is 162. The molecule has 0 aromatic carbocycles. The average Bonchev–Trinajstić information content (AvgIpc) is 2.04. The molecule has 1 nitrogen and oxygen atoms in total. The summed E-state index contributed by atoms with van der Waals surface area (Å²) in [7, 11) is 0. The SMILES string of the molecule is C=CCC(N)C1CCC(C)(C)CC1. The summed E-state index contributed by atoms with van der Waals surface area (Å²) >= 11 is 0. The Labute approximate surface area is 82.4 Å². The Hall–Kier alpha value is -0.300. The van der Waals surface area contributed by atoms with Crippen LogP contribution < -0.4 is 5.73 Å². The van der Waals surface area contributed by atoms with Gasteiger partial charge in [-0.3, -0.25) is 0 Å². The molecule has 1 atom stereocenters. The normalized spacial score (nSPS) is 25.5. The van der Waals surface area contributed by atoms with Gasteiger partial charge in [-0.2, -0.15) is 0 Å². The van der Waals surface area contributed by atoms with E-state index in [9.17, 15) is 0 Å². The molecule has 0 saturated heterocycles. The van der Waals surface area contributed by atoms with Crippen molar-refractivity contribution in [3.05, 3.63) is 12.7 Å². The highest BCUT2D eigenvalue weighted by Gasteiger charge is 2.29. The number of rotatable bonds is 3. The van der Waals surface area contributed by atoms with Gasteiger partial charge in [-0.05, 0) is 43.4 Å². The predicted octanol–water partition coefficient (Wildman–Crippen LogP) is 3.11. The van der Waals surface area contributed by atoms with Crippen molar-refractivity contribution in [3.63, 3.8) is 0 Å². The van der Waals surface area contributed by atoms with Crippen molar-refractivity contribution in [2.24, 2.45) is 17.1 Å². The van der Waals surface area contributed by atoms with Gasteiger partial charge >= 0.3 is 0 Å². The molecule has 1 rings (SSSR count). The van der Waals surface area contributed by atoms with E-state index in [-0.39, 0.29) is 0 Å². The lowest BCUT2D eigenvalue weighted by molar-refractivity contribution is 0.173. The Morgan fingerprint density at radius 2 is 2.00 bits per heavy atom. The van der Waals surface area contributed by atoms with Crippen LogP contribution in [0.4, 0.5) is 0 Å². The zero-order valence-corrected chi connectivity index (χ0v) is 9.05. The molecule has 1 fully saturated rings. The van der Waals surface area contributed by atoms with E-state index in [4.69, 9.17) is 5.73 Å². The predicted molar refractivity (Wildman–Crippen MR) is 58.5 cm³/mol. The van der Waals surface area contributed by atoms with E-state index >= 15 is 0 Å². The molecule has 0 aliphatic heterocycles. The topological polar surface area (TPSA) is 26.0 Å². The first-order valence-corrected chi connectivity index (χ1v) is 5.42. The second-order valence-electron chi connectivity index (χ2n) is 5.19. The third kappa shape index (κ3) is 3.15. The van der Waals surface area contributed by atoms with Crippen molar-refractivity contribution in [2.45, 2.75) is 52.0 Å². The fourth-order valence-corrected chi connectivity index (χ4v) is 2.23. The highest BCUT2D eigenvalue weighted by atomic mass is 14.6. The first kappa shape index (κ1) is 10.8. The van der Waals surface area contributed by atoms with Crippen molar-refractivity contribution in [1.29, 1.82) is 0 Å². The first-order chi connectivity index (χ1) is 6.05. The number of hydrogen-bond donors (Lipinski definition) is 1. The molecule has 0 heterocycles. The zero-order valence-electron chi connectivity index (χ0n) is 9.05. The van der Waals surface area contributed by atoms with Crippen LogP contribution in [0.15, 0.2) is 12.7 Å². The fourth-order valence-electron chi connectivity index (χ4n) is 2.23. The maximum Gasteiger partial charge on any atom is 0.0102 e. The van der Waals surface area contributed by atoms with Crippen LogP contribution in [0.3, 0.4) is 0 Å². The molecular formula is C12H23N. The molecule has 1 heteroatoms. The summed E-state index contributed by atoms with van der Waals surface area (Å²) in [5.74, 6) is 0.742. The lowest BCUT2D eigenvalue weighted by atomic mass is 9.71. The lowest BCUT2D eigenvalue weighted by Crippen LogP contribution is -2.34. The van der Waals surface area contributed by atoms with Crippen LogP contribution in [0.25, 0.3) is 0 Å². The third-order valence-corrected chi connectivity index (χ3v) is 3.43. The van der Waals surface area contributed by atoms with Gasteiger partial charge in [-0.1, -0.05) is 19.9 Å². The summed E-state index contributed by atoms with van der Waals surface area (Å²) in [5.41, 5.74) is 6.64. The lowest BCUT2D eigenvalue weighted by Gasteiger charge is -2.36. The summed E-state index contributed by atoms with van der Waals surface area (Å²) in [6, 6.07) is 0.355. The van der Waals surface area contributed by atoms with Gasteiger partial charge in [-0.15, -0.1) is 6.58 Å². The van der Waals surface area contributed by atoms with Gasteiger partial charge in [-0.25, -0.2) is 0 Å². The smallest absolute Gasteiger partial charge is 0.0102 e. The van der Waals surface area contributed by atoms with Gasteiger partial charge in [0.15, 0.2) is 0 Å². The quantitative estimate of drug-likeness (QED) is 0.665. The molecule has 0 aromatic rings. The van der Waals surface area contributed by atoms with Gasteiger partial charge in [0.1, 0.15) is 0 Å². The summed E-state index contributed by atoms with van der Waals surface area (Å²) < 4.78 is 0. The van der Waals surface area contributed by atoms with E-state index in [0.717, 1.165) is 12.3 Å². The Morgan fingerprint density at radius 3 is 2.46 bits per heavy atom. The molecule has 1 aliphatic carbocycles. The van der Waals surface area contributed by atoms with Gasteiger partial charge in [0.05, 0.1) is 0 Å². The van der Waals surface area contributed by atoms with Crippen LogP contribution in [-0.2, 0) is 0 Å². The minimum Gasteiger partial charge on any atom is -0.327 e. The highest BCUT2D eigenvalue weighted by Crippen LogP contribution is 2.39. The Morgan fingerprint density at radius 1 is 1.46 bits per heavy atom. The van der Waals surface area contributed by atoms with Crippen molar-refractivity contribution in [1.82, 2.24) is 0 Å². The van der Waals surface area contributed by atoms with Crippen LogP contribution in [0.2, 0.25) is 0 Å². The van der Waals surface area contributed by atoms with E-state index in [1.54, 1.807) is 0 Å². The fraction of sp³-hybridized carbons (Fsp3) is 0.833. The molecule has 2 N–H and O–H groups in total. The Balaban J connectivity index is 2.36. The van der Waals surface area contributed by atoms with Crippen molar-refractivity contribution >= 4 is 0 Å². The molecule has 0 aromatic heterocycles. The van der Waals surface area contributed by atoms with Crippen molar-refractivity contribution in [2.75, 3.05) is 0 Å². The van der Waals surface area contributed by atoms with E-state index in [0.29, 0.717) is 11.5 Å². The molecule has 1 unspecified atom stereocenters. The largest absolute Gasteiger partial charge is 0.327 e. The Kier molecular flexibility index (Phi) is 3.55. The van der Waals surface area contributed by atoms with Gasteiger partial charge in [0.2, 0.25) is 0 Å². The zero-order chi connectivity index (χ0) is 9.90. The molecule has 76 valence electrons. The minimum atomic E-state index is 0.355. The van der Waals surface area contributed by atoms with Crippen LogP contribution in [0, 0.1) is 11.3 Å². The summed E-state index contributed by atoms with van der Waals surface area (Å²) in [6.07, 6.45) is 8.21. The molecule has 13 heavy (non-hydrogen) atoms. The van der Waals surface area contributed by atoms with E-state index < -0.39 is 0 Å². The molecule has 1 saturated carbocycles. The van der Waals surface area contributed by atoms with Gasteiger partial charge < -0.3 is 5.73 Å². The second kappa shape index (κ2) is 4.28. The van der Waals surface area contributed by atoms with Crippen LogP contribution in [-0.4, -0.2) is 6.04 Å². The molecule has 0 spiro atoms. The second-order valence-corrected chi connectivity index (χ2v) is 5.19. The average molecular weight is 181 g/mol. The summed E-state index contributed by atoms with van der Waals surface area (Å²) in [4.78, 5) is 0. The van der Waals surface area contributed by atoms with Crippen LogP contribution in [0.1, 0.15) is 46.0 Å². The molecular weight excluding hydrogens is 158 g/mol. The summed E-state index contributed by atoms with van der Waals surface area (Å²) in [6.45, 7) is 8.47. The van der Waals surface area contributed by atoms with Crippen LogP contribution in [0.5, 0.6) is 0 Å². The van der Waals surface area contributed by atoms with E-state index in [1.807, 2.05) is 6.08 Å². The minimum absolute atomic E-state index is 0.355. The number of hydrogen-bond acceptors (Lipinski definition) is 1. The molecule has 0 radical (unpaired) electrons. The van der Waals surface area contributed by atoms with E-state index in [2.05, 4.69) is 20.4 Å². The standard InChI is InChI=1S/C12H23N/c1-4-5-11(13)10-6-8-12(2,3)9-7-10/h4,10-11H,1,5-9,13H2,2-3H3. The van der Waals surface area contributed by atoms with E-state index in [1.165, 1.54) is 25.7 Å². The van der Waals surface area contributed by atoms with Gasteiger partial charge in [0, 0.05) is 6.04 Å². The highest BCUT2D eigenvalue weighted by molar-refractivity contribution is 4.86. The van der Waals surface area contributed by atoms with Crippen LogP contribution >= 0.6 is 0 Å². The third-order valence-electron chi connectivity index (χ3n) is 3.43. The van der Waals surface area contributed by atoms with Gasteiger partial charge in [0.25, 0.3) is 0 Å². The first-order valence-electron chi connectivity index (χ1n) is 5.42. The molecule has 0 bridgehead atoms. The van der Waals surface area contributed by atoms with Crippen molar-refractivity contribution in [3.8, 4) is 0 Å². The molecule has 0 amide bonds. The molecule has 1 aliphatic rings. The summed E-state index contributed by atoms with van der Waals surface area (Å²) in [5, 5.41) is 0. The number of nitrogens with two attached hydrogens (primary N) is 1. The monoisotopic (exact) mass is 181 g/mol. The maximum absolute atomic E-state index is 6.08. The maximum atomic E-state index is 6.08.